The molecule has 0 bridgehead atoms. The molecule has 0 saturated carbocycles. The number of pyridine rings is 4. The first-order valence-corrected chi connectivity index (χ1v) is 21.7. The van der Waals surface area contributed by atoms with E-state index in [9.17, 15) is 28.6 Å². The van der Waals surface area contributed by atoms with E-state index in [1.54, 1.807) is 49.8 Å². The molecule has 6 rings (SSSR count). The van der Waals surface area contributed by atoms with Crippen molar-refractivity contribution in [1.29, 1.82) is 0 Å². The largest absolute Gasteiger partial charge is 0.478 e. The molecule has 2 atom stereocenters. The SMILES string of the molecule is C=C(C)c1cnc(-c2cc(Cl)ccc2F)cc1Nc1ccncc1C(=O)N[C@@H](CO)C(C)C.C=C(C)c1cnc(-c2cc(Cl)ccc2F)cc1Nc1ccncc1C(=O)O.CC(C)[C@@H](N)CO. The molecule has 0 spiro atoms. The molecule has 0 fully saturated rings. The van der Waals surface area contributed by atoms with Crippen molar-refractivity contribution >= 4 is 69.0 Å². The highest BCUT2D eigenvalue weighted by atomic mass is 35.5. The number of anilines is 4. The van der Waals surface area contributed by atoms with Crippen molar-refractivity contribution < 1.29 is 33.7 Å². The third-order valence-electron chi connectivity index (χ3n) is 10.2. The number of carbonyl (C=O) groups is 2. The highest BCUT2D eigenvalue weighted by Crippen LogP contribution is 2.34. The number of hydrogen-bond donors (Lipinski definition) is 7. The molecule has 0 unspecified atom stereocenters. The summed E-state index contributed by atoms with van der Waals surface area (Å²) in [5, 5.41) is 37.2. The van der Waals surface area contributed by atoms with Gasteiger partial charge in [-0.2, -0.15) is 0 Å². The summed E-state index contributed by atoms with van der Waals surface area (Å²) in [6.07, 6.45) is 8.90. The Kier molecular flexibility index (Phi) is 19.6. The Morgan fingerprint density at radius 1 is 0.657 bits per heavy atom. The number of aromatic carboxylic acids is 1. The number of aliphatic hydroxyl groups is 2. The minimum Gasteiger partial charge on any atom is -0.478 e. The average molecular weight is 956 g/mol. The quantitative estimate of drug-likeness (QED) is 0.0513. The Hall–Kier alpha value is -6.62. The van der Waals surface area contributed by atoms with Crippen molar-refractivity contribution in [3.05, 3.63) is 155 Å². The Morgan fingerprint density at radius 2 is 1.10 bits per heavy atom. The van der Waals surface area contributed by atoms with Gasteiger partial charge < -0.3 is 37.0 Å². The molecule has 4 heterocycles. The van der Waals surface area contributed by atoms with Crippen molar-refractivity contribution in [3.8, 4) is 22.5 Å². The van der Waals surface area contributed by atoms with Gasteiger partial charge >= 0.3 is 5.97 Å². The standard InChI is InChI=1S/C25H26ClFN4O2.C20H15ClFN3O2.C5H13NO/c1-14(2)18-12-29-22(17-9-16(26)5-6-20(17)27)10-23(18)30-21-7-8-28-11-19(21)25(33)31-24(13-32)15(3)4;1-11(2)14-10-24-18(13-7-12(21)3-4-16(13)22)8-19(14)25-17-5-6-23-9-15(17)20(26)27;1-4(2)5(6)3-7/h5-12,15,24,32H,1,13H2,2-4H3,(H,31,33)(H,28,29,30);3-10H,1H2,2H3,(H,26,27)(H,23,24,25);4-5,7H,3,6H2,1-2H3/t24-;;5-/m0.0/s1. The summed E-state index contributed by atoms with van der Waals surface area (Å²) in [5.41, 5.74) is 11.7. The summed E-state index contributed by atoms with van der Waals surface area (Å²) < 4.78 is 28.7. The zero-order chi connectivity index (χ0) is 49.5. The first kappa shape index (κ1) is 53.0. The molecule has 67 heavy (non-hydrogen) atoms. The van der Waals surface area contributed by atoms with Gasteiger partial charge in [0.2, 0.25) is 0 Å². The highest BCUT2D eigenvalue weighted by molar-refractivity contribution is 6.31. The number of carbonyl (C=O) groups excluding carboxylic acids is 1. The smallest absolute Gasteiger partial charge is 0.339 e. The molecule has 0 radical (unpaired) electrons. The summed E-state index contributed by atoms with van der Waals surface area (Å²) in [5.74, 6) is -1.95. The second-order valence-corrected chi connectivity index (χ2v) is 16.9. The summed E-state index contributed by atoms with van der Waals surface area (Å²) in [7, 11) is 0. The van der Waals surface area contributed by atoms with E-state index < -0.39 is 23.6 Å². The van der Waals surface area contributed by atoms with Gasteiger partial charge in [-0.1, -0.05) is 64.1 Å². The molecule has 0 aliphatic carbocycles. The maximum absolute atomic E-state index is 14.4. The zero-order valence-electron chi connectivity index (χ0n) is 37.9. The van der Waals surface area contributed by atoms with E-state index in [-0.39, 0.29) is 47.8 Å². The van der Waals surface area contributed by atoms with Crippen LogP contribution in [-0.2, 0) is 0 Å². The molecular weight excluding hydrogens is 902 g/mol. The second kappa shape index (κ2) is 24.8. The van der Waals surface area contributed by atoms with E-state index in [2.05, 4.69) is 49.0 Å². The van der Waals surface area contributed by atoms with Gasteiger partial charge in [-0.25, -0.2) is 13.6 Å². The molecule has 4 aromatic heterocycles. The number of halogens is 4. The molecule has 0 aliphatic heterocycles. The highest BCUT2D eigenvalue weighted by Gasteiger charge is 2.21. The molecule has 2 aromatic carbocycles. The van der Waals surface area contributed by atoms with Crippen molar-refractivity contribution in [2.24, 2.45) is 17.6 Å². The third-order valence-corrected chi connectivity index (χ3v) is 10.6. The van der Waals surface area contributed by atoms with Crippen LogP contribution < -0.4 is 21.7 Å². The molecule has 6 aromatic rings. The fraction of sp³-hybridized carbons (Fsp3) is 0.240. The van der Waals surface area contributed by atoms with Crippen LogP contribution in [0.1, 0.15) is 73.4 Å². The van der Waals surface area contributed by atoms with Crippen molar-refractivity contribution in [2.45, 2.75) is 53.6 Å². The second-order valence-electron chi connectivity index (χ2n) is 16.0. The van der Waals surface area contributed by atoms with Gasteiger partial charge in [-0.05, 0) is 97.5 Å². The summed E-state index contributed by atoms with van der Waals surface area (Å²) >= 11 is 12.0. The van der Waals surface area contributed by atoms with Gasteiger partial charge in [0.05, 0.1) is 47.6 Å². The molecule has 8 N–H and O–H groups in total. The number of aliphatic hydroxyl groups excluding tert-OH is 2. The Labute approximate surface area is 398 Å². The number of aromatic nitrogens is 4. The number of rotatable bonds is 15. The van der Waals surface area contributed by atoms with Crippen LogP contribution in [-0.4, -0.2) is 72.4 Å². The van der Waals surface area contributed by atoms with Gasteiger partial charge in [0, 0.05) is 86.9 Å². The number of nitrogens with one attached hydrogen (secondary N) is 3. The number of carboxylic acids is 1. The number of nitrogens with zero attached hydrogens (tertiary/aromatic N) is 4. The van der Waals surface area contributed by atoms with Gasteiger partial charge in [-0.3, -0.25) is 24.7 Å². The van der Waals surface area contributed by atoms with E-state index >= 15 is 0 Å². The normalized spacial score (nSPS) is 11.6. The first-order chi connectivity index (χ1) is 31.7. The van der Waals surface area contributed by atoms with Crippen molar-refractivity contribution in [3.63, 3.8) is 0 Å². The summed E-state index contributed by atoms with van der Waals surface area (Å²) in [4.78, 5) is 40.9. The number of nitrogens with two attached hydrogens (primary N) is 1. The number of hydrogen-bond acceptors (Lipinski definition) is 11. The minimum atomic E-state index is -1.11. The Balaban J connectivity index is 0.000000260. The van der Waals surface area contributed by atoms with E-state index in [1.165, 1.54) is 55.0 Å². The number of amides is 1. The molecule has 13 nitrogen and oxygen atoms in total. The fourth-order valence-corrected chi connectivity index (χ4v) is 6.35. The minimum absolute atomic E-state index is 0.0115. The van der Waals surface area contributed by atoms with E-state index in [0.29, 0.717) is 72.4 Å². The Bertz CT molecular complexity index is 2720. The van der Waals surface area contributed by atoms with Gasteiger partial charge in [-0.15, -0.1) is 0 Å². The first-order valence-electron chi connectivity index (χ1n) is 20.9. The van der Waals surface area contributed by atoms with E-state index in [4.69, 9.17) is 34.0 Å². The predicted octanol–water partition coefficient (Wildman–Crippen LogP) is 10.8. The molecule has 17 heteroatoms. The lowest BCUT2D eigenvalue weighted by Gasteiger charge is -2.21. The van der Waals surface area contributed by atoms with Crippen molar-refractivity contribution in [2.75, 3.05) is 23.8 Å². The molecule has 0 aliphatic rings. The lowest BCUT2D eigenvalue weighted by molar-refractivity contribution is 0.0697. The topological polar surface area (TPSA) is 208 Å². The zero-order valence-corrected chi connectivity index (χ0v) is 39.4. The number of allylic oxidation sites excluding steroid dienone is 2. The van der Waals surface area contributed by atoms with Gasteiger partial charge in [0.25, 0.3) is 5.91 Å². The maximum Gasteiger partial charge on any atom is 0.339 e. The van der Waals surface area contributed by atoms with Crippen LogP contribution >= 0.6 is 23.2 Å². The fourth-order valence-electron chi connectivity index (χ4n) is 6.01. The van der Waals surface area contributed by atoms with Crippen LogP contribution in [0, 0.1) is 23.5 Å². The third kappa shape index (κ3) is 14.7. The monoisotopic (exact) mass is 954 g/mol. The van der Waals surface area contributed by atoms with Crippen LogP contribution in [0.2, 0.25) is 10.0 Å². The predicted molar refractivity (Wildman–Crippen MR) is 264 cm³/mol. The summed E-state index contributed by atoms with van der Waals surface area (Å²) in [6.45, 7) is 19.3. The summed E-state index contributed by atoms with van der Waals surface area (Å²) in [6, 6.07) is 14.6. The van der Waals surface area contributed by atoms with Crippen LogP contribution in [0.5, 0.6) is 0 Å². The molecule has 352 valence electrons. The van der Waals surface area contributed by atoms with Gasteiger partial charge in [0.15, 0.2) is 0 Å². The van der Waals surface area contributed by atoms with E-state index in [0.717, 1.165) is 5.57 Å². The van der Waals surface area contributed by atoms with Crippen molar-refractivity contribution in [1.82, 2.24) is 25.3 Å². The van der Waals surface area contributed by atoms with Crippen LogP contribution in [0.25, 0.3) is 33.7 Å². The lowest BCUT2D eigenvalue weighted by Crippen LogP contribution is -2.41. The van der Waals surface area contributed by atoms with E-state index in [1.807, 2.05) is 34.6 Å². The maximum atomic E-state index is 14.4. The lowest BCUT2D eigenvalue weighted by atomic mass is 10.0. The Morgan fingerprint density at radius 3 is 1.48 bits per heavy atom. The van der Waals surface area contributed by atoms with Crippen LogP contribution in [0.15, 0.2) is 111 Å². The van der Waals surface area contributed by atoms with Crippen LogP contribution in [0.4, 0.5) is 31.5 Å². The molecule has 1 amide bonds. The van der Waals surface area contributed by atoms with Gasteiger partial charge in [0.1, 0.15) is 17.2 Å². The number of benzene rings is 2. The average Bonchev–Trinajstić information content (AvgIpc) is 3.29. The number of carboxylic acid groups (broad SMARTS) is 1. The molecular formula is C50H54Cl2F2N8O5. The van der Waals surface area contributed by atoms with Crippen LogP contribution in [0.3, 0.4) is 0 Å². The molecule has 0 saturated heterocycles.